The zero-order valence-corrected chi connectivity index (χ0v) is 12.4. The number of carboxylic acid groups (broad SMARTS) is 1. The van der Waals surface area contributed by atoms with Crippen molar-refractivity contribution in [2.45, 2.75) is 26.3 Å². The molecule has 0 saturated carbocycles. The number of carbonyl (C=O) groups is 1. The molecule has 0 fully saturated rings. The summed E-state index contributed by atoms with van der Waals surface area (Å²) in [5, 5.41) is 9.05. The number of thioether (sulfide) groups is 1. The molecule has 0 aliphatic rings. The van der Waals surface area contributed by atoms with Gasteiger partial charge in [-0.2, -0.15) is 11.8 Å². The molecule has 0 amide bonds. The molecule has 2 rings (SSSR count). The largest absolute Gasteiger partial charge is 0.478 e. The highest BCUT2D eigenvalue weighted by Gasteiger charge is 2.14. The molecule has 1 aromatic heterocycles. The van der Waals surface area contributed by atoms with Crippen molar-refractivity contribution >= 4 is 28.8 Å². The number of H-pyrrole nitrogens is 1. The number of benzene rings is 1. The van der Waals surface area contributed by atoms with E-state index in [1.54, 1.807) is 16.7 Å². The highest BCUT2D eigenvalue weighted by Crippen LogP contribution is 2.20. The SMILES string of the molecule is CCSCCC(C)n1c(=O)[nH]c2ccc(C(=O)O)cc21. The predicted octanol–water partition coefficient (Wildman–Crippen LogP) is 2.73. The third-order valence-electron chi connectivity index (χ3n) is 3.29. The molecule has 1 atom stereocenters. The van der Waals surface area contributed by atoms with E-state index in [-0.39, 0.29) is 17.3 Å². The van der Waals surface area contributed by atoms with E-state index in [1.165, 1.54) is 6.07 Å². The number of imidazole rings is 1. The number of hydrogen-bond acceptors (Lipinski definition) is 3. The van der Waals surface area contributed by atoms with E-state index in [9.17, 15) is 9.59 Å². The highest BCUT2D eigenvalue weighted by atomic mass is 32.2. The first-order valence-corrected chi connectivity index (χ1v) is 7.75. The molecule has 2 N–H and O–H groups in total. The van der Waals surface area contributed by atoms with E-state index in [0.717, 1.165) is 17.9 Å². The number of nitrogens with zero attached hydrogens (tertiary/aromatic N) is 1. The van der Waals surface area contributed by atoms with Crippen molar-refractivity contribution in [1.29, 1.82) is 0 Å². The Morgan fingerprint density at radius 3 is 2.90 bits per heavy atom. The Bertz CT molecular complexity index is 675. The van der Waals surface area contributed by atoms with Gasteiger partial charge in [0.25, 0.3) is 0 Å². The maximum Gasteiger partial charge on any atom is 0.335 e. The van der Waals surface area contributed by atoms with Gasteiger partial charge >= 0.3 is 11.7 Å². The fourth-order valence-corrected chi connectivity index (χ4v) is 3.02. The van der Waals surface area contributed by atoms with Gasteiger partial charge in [0.2, 0.25) is 0 Å². The quantitative estimate of drug-likeness (QED) is 0.803. The number of nitrogens with one attached hydrogen (secondary N) is 1. The van der Waals surface area contributed by atoms with Crippen LogP contribution in [-0.2, 0) is 0 Å². The lowest BCUT2D eigenvalue weighted by molar-refractivity contribution is 0.0697. The van der Waals surface area contributed by atoms with Crippen LogP contribution in [-0.4, -0.2) is 32.1 Å². The molecule has 0 spiro atoms. The molecule has 20 heavy (non-hydrogen) atoms. The highest BCUT2D eigenvalue weighted by molar-refractivity contribution is 7.99. The predicted molar refractivity (Wildman–Crippen MR) is 81.8 cm³/mol. The van der Waals surface area contributed by atoms with E-state index >= 15 is 0 Å². The van der Waals surface area contributed by atoms with Crippen LogP contribution in [0.3, 0.4) is 0 Å². The Kier molecular flexibility index (Phi) is 4.54. The van der Waals surface area contributed by atoms with Crippen LogP contribution in [0.4, 0.5) is 0 Å². The number of aromatic carboxylic acids is 1. The maximum atomic E-state index is 12.0. The van der Waals surface area contributed by atoms with Gasteiger partial charge in [0.1, 0.15) is 0 Å². The summed E-state index contributed by atoms with van der Waals surface area (Å²) in [5.74, 6) is 1.05. The van der Waals surface area contributed by atoms with Crippen LogP contribution in [0.15, 0.2) is 23.0 Å². The number of aromatic nitrogens is 2. The molecule has 1 heterocycles. The lowest BCUT2D eigenvalue weighted by Gasteiger charge is -2.13. The van der Waals surface area contributed by atoms with E-state index in [1.807, 2.05) is 18.7 Å². The zero-order valence-electron chi connectivity index (χ0n) is 11.5. The van der Waals surface area contributed by atoms with Gasteiger partial charge in [-0.05, 0) is 43.0 Å². The molecule has 108 valence electrons. The molecule has 2 aromatic rings. The minimum atomic E-state index is -0.985. The Hall–Kier alpha value is -1.69. The van der Waals surface area contributed by atoms with Gasteiger partial charge in [0.15, 0.2) is 0 Å². The van der Waals surface area contributed by atoms with E-state index < -0.39 is 5.97 Å². The van der Waals surface area contributed by atoms with Gasteiger partial charge in [0, 0.05) is 6.04 Å². The molecule has 0 radical (unpaired) electrons. The van der Waals surface area contributed by atoms with Gasteiger partial charge in [-0.3, -0.25) is 4.57 Å². The van der Waals surface area contributed by atoms with Crippen molar-refractivity contribution in [1.82, 2.24) is 9.55 Å². The summed E-state index contributed by atoms with van der Waals surface area (Å²) in [6.45, 7) is 4.09. The molecule has 1 aromatic carbocycles. The summed E-state index contributed by atoms with van der Waals surface area (Å²) in [6.07, 6.45) is 0.878. The Morgan fingerprint density at radius 1 is 1.50 bits per heavy atom. The van der Waals surface area contributed by atoms with Gasteiger partial charge < -0.3 is 10.1 Å². The fraction of sp³-hybridized carbons (Fsp3) is 0.429. The summed E-state index contributed by atoms with van der Waals surface area (Å²) in [4.78, 5) is 25.9. The Labute approximate surface area is 121 Å². The van der Waals surface area contributed by atoms with E-state index in [4.69, 9.17) is 5.11 Å². The first kappa shape index (κ1) is 14.7. The van der Waals surface area contributed by atoms with Crippen LogP contribution in [0.1, 0.15) is 36.7 Å². The van der Waals surface area contributed by atoms with Crippen LogP contribution in [0.25, 0.3) is 11.0 Å². The summed E-state index contributed by atoms with van der Waals surface area (Å²) in [6, 6.07) is 4.74. The topological polar surface area (TPSA) is 75.1 Å². The summed E-state index contributed by atoms with van der Waals surface area (Å²) >= 11 is 1.83. The number of rotatable bonds is 6. The third-order valence-corrected chi connectivity index (χ3v) is 4.22. The fourth-order valence-electron chi connectivity index (χ4n) is 2.22. The summed E-state index contributed by atoms with van der Waals surface area (Å²) in [5.41, 5.74) is 1.34. The van der Waals surface area contributed by atoms with E-state index in [0.29, 0.717) is 11.0 Å². The van der Waals surface area contributed by atoms with Crippen LogP contribution in [0, 0.1) is 0 Å². The standard InChI is InChI=1S/C14H18N2O3S/c1-3-20-7-6-9(2)16-12-8-10(13(17)18)4-5-11(12)15-14(16)19/h4-5,8-9H,3,6-7H2,1-2H3,(H,15,19)(H,17,18). The van der Waals surface area contributed by atoms with Gasteiger partial charge in [-0.25, -0.2) is 9.59 Å². The zero-order chi connectivity index (χ0) is 14.7. The summed E-state index contributed by atoms with van der Waals surface area (Å²) in [7, 11) is 0. The minimum absolute atomic E-state index is 0.0411. The normalized spacial score (nSPS) is 12.7. The van der Waals surface area contributed by atoms with Crippen molar-refractivity contribution in [3.05, 3.63) is 34.2 Å². The number of fused-ring (bicyclic) bond motifs is 1. The van der Waals surface area contributed by atoms with Crippen molar-refractivity contribution in [2.24, 2.45) is 0 Å². The second-order valence-corrected chi connectivity index (χ2v) is 6.07. The first-order valence-electron chi connectivity index (χ1n) is 6.60. The molecular formula is C14H18N2O3S. The Balaban J connectivity index is 2.40. The molecule has 1 unspecified atom stereocenters. The first-order chi connectivity index (χ1) is 9.54. The molecular weight excluding hydrogens is 276 g/mol. The second-order valence-electron chi connectivity index (χ2n) is 4.67. The van der Waals surface area contributed by atoms with Crippen molar-refractivity contribution in [3.8, 4) is 0 Å². The number of hydrogen-bond donors (Lipinski definition) is 2. The molecule has 0 aliphatic heterocycles. The average Bonchev–Trinajstić information content (AvgIpc) is 2.73. The van der Waals surface area contributed by atoms with Gasteiger partial charge in [-0.15, -0.1) is 0 Å². The molecule has 6 heteroatoms. The van der Waals surface area contributed by atoms with Crippen molar-refractivity contribution in [2.75, 3.05) is 11.5 Å². The lowest BCUT2D eigenvalue weighted by atomic mass is 10.2. The minimum Gasteiger partial charge on any atom is -0.478 e. The van der Waals surface area contributed by atoms with Crippen LogP contribution >= 0.6 is 11.8 Å². The average molecular weight is 294 g/mol. The monoisotopic (exact) mass is 294 g/mol. The van der Waals surface area contributed by atoms with E-state index in [2.05, 4.69) is 11.9 Å². The van der Waals surface area contributed by atoms with Crippen molar-refractivity contribution < 1.29 is 9.90 Å². The third kappa shape index (κ3) is 2.90. The number of carboxylic acids is 1. The van der Waals surface area contributed by atoms with Gasteiger partial charge in [0.05, 0.1) is 16.6 Å². The van der Waals surface area contributed by atoms with Crippen LogP contribution < -0.4 is 5.69 Å². The summed E-state index contributed by atoms with van der Waals surface area (Å²) < 4.78 is 1.65. The van der Waals surface area contributed by atoms with Crippen LogP contribution in [0.2, 0.25) is 0 Å². The van der Waals surface area contributed by atoms with Crippen LogP contribution in [0.5, 0.6) is 0 Å². The smallest absolute Gasteiger partial charge is 0.335 e. The Morgan fingerprint density at radius 2 is 2.25 bits per heavy atom. The van der Waals surface area contributed by atoms with Gasteiger partial charge in [-0.1, -0.05) is 6.92 Å². The number of aromatic amines is 1. The molecule has 5 nitrogen and oxygen atoms in total. The molecule has 0 saturated heterocycles. The molecule has 0 aliphatic carbocycles. The van der Waals surface area contributed by atoms with Crippen molar-refractivity contribution in [3.63, 3.8) is 0 Å². The maximum absolute atomic E-state index is 12.0. The molecule has 0 bridgehead atoms. The lowest BCUT2D eigenvalue weighted by Crippen LogP contribution is -2.21. The second kappa shape index (κ2) is 6.17.